The Kier molecular flexibility index (Phi) is 5.71. The molecule has 2 aromatic rings. The van der Waals surface area contributed by atoms with Crippen LogP contribution in [0.2, 0.25) is 5.02 Å². The van der Waals surface area contributed by atoms with Crippen molar-refractivity contribution in [2.45, 2.75) is 0 Å². The third-order valence-corrected chi connectivity index (χ3v) is 3.45. The van der Waals surface area contributed by atoms with Crippen molar-refractivity contribution < 1.29 is 14.5 Å². The Morgan fingerprint density at radius 3 is 2.64 bits per heavy atom. The van der Waals surface area contributed by atoms with E-state index in [2.05, 4.69) is 5.32 Å². The van der Waals surface area contributed by atoms with E-state index in [0.717, 1.165) is 0 Å². The standard InChI is InChI=1S/C17H12ClN3O4/c1-20-17(22)12(10-19)8-11-6-7-16(14(9-11)21(23)24)25-15-5-3-2-4-13(15)18/h2-9H,1H3,(H,20,22)/b12-8+. The molecule has 0 saturated heterocycles. The van der Waals surface area contributed by atoms with Crippen molar-refractivity contribution >= 4 is 29.3 Å². The van der Waals surface area contributed by atoms with E-state index in [9.17, 15) is 14.9 Å². The zero-order chi connectivity index (χ0) is 18.4. The fourth-order valence-electron chi connectivity index (χ4n) is 1.95. The Morgan fingerprint density at radius 2 is 2.04 bits per heavy atom. The zero-order valence-electron chi connectivity index (χ0n) is 13.0. The van der Waals surface area contributed by atoms with Crippen molar-refractivity contribution in [1.82, 2.24) is 5.32 Å². The average Bonchev–Trinajstić information content (AvgIpc) is 2.61. The second kappa shape index (κ2) is 7.95. The summed E-state index contributed by atoms with van der Waals surface area (Å²) in [7, 11) is 1.39. The van der Waals surface area contributed by atoms with Gasteiger partial charge in [-0.05, 0) is 29.8 Å². The van der Waals surface area contributed by atoms with Gasteiger partial charge < -0.3 is 10.1 Å². The number of hydrogen-bond acceptors (Lipinski definition) is 5. The van der Waals surface area contributed by atoms with Gasteiger partial charge in [0.05, 0.1) is 9.95 Å². The SMILES string of the molecule is CNC(=O)/C(C#N)=C/c1ccc(Oc2ccccc2Cl)c([N+](=O)[O-])c1. The second-order valence-corrected chi connectivity index (χ2v) is 5.17. The Labute approximate surface area is 148 Å². The Hall–Kier alpha value is -3.37. The summed E-state index contributed by atoms with van der Waals surface area (Å²) in [6.45, 7) is 0. The molecular weight excluding hydrogens is 346 g/mol. The number of carbonyl (C=O) groups excluding carboxylic acids is 1. The summed E-state index contributed by atoms with van der Waals surface area (Å²) < 4.78 is 5.52. The minimum atomic E-state index is -0.616. The Morgan fingerprint density at radius 1 is 1.32 bits per heavy atom. The number of amides is 1. The maximum atomic E-state index is 11.5. The smallest absolute Gasteiger partial charge is 0.312 e. The topological polar surface area (TPSA) is 105 Å². The average molecular weight is 358 g/mol. The lowest BCUT2D eigenvalue weighted by atomic mass is 10.1. The maximum Gasteiger partial charge on any atom is 0.312 e. The van der Waals surface area contributed by atoms with Crippen molar-refractivity contribution in [3.05, 3.63) is 68.7 Å². The van der Waals surface area contributed by atoms with Crippen molar-refractivity contribution in [1.29, 1.82) is 5.26 Å². The fraction of sp³-hybridized carbons (Fsp3) is 0.0588. The highest BCUT2D eigenvalue weighted by Gasteiger charge is 2.18. The number of ether oxygens (including phenoxy) is 1. The third kappa shape index (κ3) is 4.34. The molecule has 0 heterocycles. The first-order valence-corrected chi connectivity index (χ1v) is 7.38. The number of nitriles is 1. The molecule has 8 heteroatoms. The van der Waals surface area contributed by atoms with E-state index in [-0.39, 0.29) is 22.8 Å². The predicted molar refractivity (Wildman–Crippen MR) is 92.3 cm³/mol. The van der Waals surface area contributed by atoms with Crippen LogP contribution in [0.5, 0.6) is 11.5 Å². The number of para-hydroxylation sites is 1. The van der Waals surface area contributed by atoms with Crippen LogP contribution in [0.3, 0.4) is 0 Å². The van der Waals surface area contributed by atoms with Crippen molar-refractivity contribution in [3.63, 3.8) is 0 Å². The highest BCUT2D eigenvalue weighted by atomic mass is 35.5. The van der Waals surface area contributed by atoms with E-state index in [1.54, 1.807) is 30.3 Å². The van der Waals surface area contributed by atoms with E-state index < -0.39 is 10.8 Å². The number of hydrogen-bond donors (Lipinski definition) is 1. The van der Waals surface area contributed by atoms with E-state index >= 15 is 0 Å². The van der Waals surface area contributed by atoms with E-state index in [1.165, 1.54) is 31.3 Å². The predicted octanol–water partition coefficient (Wildman–Crippen LogP) is 3.69. The van der Waals surface area contributed by atoms with Crippen LogP contribution in [-0.2, 0) is 4.79 Å². The second-order valence-electron chi connectivity index (χ2n) is 4.77. The molecule has 1 N–H and O–H groups in total. The summed E-state index contributed by atoms with van der Waals surface area (Å²) >= 11 is 5.99. The first kappa shape index (κ1) is 18.0. The van der Waals surface area contributed by atoms with Crippen molar-refractivity contribution in [3.8, 4) is 17.6 Å². The van der Waals surface area contributed by atoms with Crippen LogP contribution in [0.15, 0.2) is 48.0 Å². The molecule has 25 heavy (non-hydrogen) atoms. The van der Waals surface area contributed by atoms with Crippen LogP contribution >= 0.6 is 11.6 Å². The summed E-state index contributed by atoms with van der Waals surface area (Å²) in [5.41, 5.74) is -0.169. The monoisotopic (exact) mass is 357 g/mol. The van der Waals surface area contributed by atoms with Gasteiger partial charge in [0.2, 0.25) is 5.75 Å². The Bertz CT molecular complexity index is 903. The van der Waals surface area contributed by atoms with Gasteiger partial charge in [0.15, 0.2) is 0 Å². The van der Waals surface area contributed by atoms with Gasteiger partial charge in [0.1, 0.15) is 17.4 Å². The van der Waals surface area contributed by atoms with Crippen LogP contribution in [0.25, 0.3) is 6.08 Å². The third-order valence-electron chi connectivity index (χ3n) is 3.14. The molecular formula is C17H12ClN3O4. The zero-order valence-corrected chi connectivity index (χ0v) is 13.8. The summed E-state index contributed by atoms with van der Waals surface area (Å²) in [5, 5.41) is 23.0. The molecule has 1 amide bonds. The summed E-state index contributed by atoms with van der Waals surface area (Å²) in [6.07, 6.45) is 1.26. The molecule has 7 nitrogen and oxygen atoms in total. The molecule has 0 unspecified atom stereocenters. The summed E-state index contributed by atoms with van der Waals surface area (Å²) in [5.74, 6) is -0.311. The summed E-state index contributed by atoms with van der Waals surface area (Å²) in [4.78, 5) is 22.2. The molecule has 0 atom stereocenters. The largest absolute Gasteiger partial charge is 0.449 e. The molecule has 2 aromatic carbocycles. The van der Waals surface area contributed by atoms with Gasteiger partial charge >= 0.3 is 5.69 Å². The lowest BCUT2D eigenvalue weighted by Gasteiger charge is -2.08. The molecule has 0 aliphatic rings. The highest BCUT2D eigenvalue weighted by Crippen LogP contribution is 2.35. The highest BCUT2D eigenvalue weighted by molar-refractivity contribution is 6.32. The minimum Gasteiger partial charge on any atom is -0.449 e. The summed E-state index contributed by atoms with van der Waals surface area (Å²) in [6, 6.07) is 12.4. The number of halogens is 1. The maximum absolute atomic E-state index is 11.5. The number of benzene rings is 2. The first-order valence-electron chi connectivity index (χ1n) is 7.01. The lowest BCUT2D eigenvalue weighted by Crippen LogP contribution is -2.19. The van der Waals surface area contributed by atoms with Crippen molar-refractivity contribution in [2.24, 2.45) is 0 Å². The van der Waals surface area contributed by atoms with Gasteiger partial charge in [0.25, 0.3) is 5.91 Å². The number of nitro groups is 1. The van der Waals surface area contributed by atoms with E-state index in [1.807, 2.05) is 0 Å². The number of nitrogens with one attached hydrogen (secondary N) is 1. The van der Waals surface area contributed by atoms with Crippen LogP contribution < -0.4 is 10.1 Å². The molecule has 0 spiro atoms. The number of nitrogens with zero attached hydrogens (tertiary/aromatic N) is 2. The minimum absolute atomic E-state index is 0.00583. The number of rotatable bonds is 5. The quantitative estimate of drug-likeness (QED) is 0.380. The number of nitro benzene ring substituents is 1. The molecule has 0 saturated carbocycles. The van der Waals surface area contributed by atoms with Crippen LogP contribution in [0, 0.1) is 21.4 Å². The van der Waals surface area contributed by atoms with Crippen LogP contribution in [-0.4, -0.2) is 17.9 Å². The first-order chi connectivity index (χ1) is 12.0. The molecule has 0 fully saturated rings. The van der Waals surface area contributed by atoms with E-state index in [4.69, 9.17) is 21.6 Å². The van der Waals surface area contributed by atoms with Gasteiger partial charge in [-0.2, -0.15) is 5.26 Å². The molecule has 0 radical (unpaired) electrons. The number of likely N-dealkylation sites (N-methyl/N-ethyl adjacent to an activating group) is 1. The van der Waals surface area contributed by atoms with Crippen LogP contribution in [0.1, 0.15) is 5.56 Å². The fourth-order valence-corrected chi connectivity index (χ4v) is 2.12. The van der Waals surface area contributed by atoms with Crippen molar-refractivity contribution in [2.75, 3.05) is 7.05 Å². The molecule has 0 aliphatic heterocycles. The lowest BCUT2D eigenvalue weighted by molar-refractivity contribution is -0.385. The van der Waals surface area contributed by atoms with Gasteiger partial charge in [-0.3, -0.25) is 14.9 Å². The Balaban J connectivity index is 2.44. The molecule has 0 aromatic heterocycles. The van der Waals surface area contributed by atoms with Gasteiger partial charge in [-0.1, -0.05) is 29.8 Å². The van der Waals surface area contributed by atoms with Gasteiger partial charge in [-0.15, -0.1) is 0 Å². The molecule has 0 bridgehead atoms. The molecule has 0 aliphatic carbocycles. The van der Waals surface area contributed by atoms with Crippen LogP contribution in [0.4, 0.5) is 5.69 Å². The van der Waals surface area contributed by atoms with E-state index in [0.29, 0.717) is 10.6 Å². The van der Waals surface area contributed by atoms with Gasteiger partial charge in [-0.25, -0.2) is 0 Å². The van der Waals surface area contributed by atoms with Gasteiger partial charge in [0, 0.05) is 13.1 Å². The molecule has 2 rings (SSSR count). The number of carbonyl (C=O) groups is 1. The molecule has 126 valence electrons. The normalized spacial score (nSPS) is 10.7.